The number of carbonyl (C=O) groups excluding carboxylic acids is 2. The van der Waals surface area contributed by atoms with Gasteiger partial charge < -0.3 is 14.2 Å². The molecule has 8 atom stereocenters. The first-order chi connectivity index (χ1) is 16.9. The van der Waals surface area contributed by atoms with Crippen LogP contribution in [0.2, 0.25) is 0 Å². The van der Waals surface area contributed by atoms with Gasteiger partial charge in [-0.05, 0) is 112 Å². The van der Waals surface area contributed by atoms with Crippen molar-refractivity contribution in [2.75, 3.05) is 27.4 Å². The molecule has 196 valence electrons. The summed E-state index contributed by atoms with van der Waals surface area (Å²) in [5.74, 6) is 8.51. The van der Waals surface area contributed by atoms with E-state index in [4.69, 9.17) is 4.74 Å². The summed E-state index contributed by atoms with van der Waals surface area (Å²) in [5.41, 5.74) is 0.352. The summed E-state index contributed by atoms with van der Waals surface area (Å²) < 4.78 is 13.8. The predicted molar refractivity (Wildman–Crippen MR) is 136 cm³/mol. The summed E-state index contributed by atoms with van der Waals surface area (Å²) in [6.45, 7) is 6.86. The zero-order valence-corrected chi connectivity index (χ0v) is 22.0. The van der Waals surface area contributed by atoms with Crippen molar-refractivity contribution < 1.29 is 23.8 Å². The van der Waals surface area contributed by atoms with Gasteiger partial charge in [0.05, 0.1) is 38.6 Å². The fourth-order valence-electron chi connectivity index (χ4n) is 8.74. The van der Waals surface area contributed by atoms with Crippen molar-refractivity contribution in [2.45, 2.75) is 77.0 Å². The second kappa shape index (κ2) is 12.1. The first-order valence-electron chi connectivity index (χ1n) is 14.0. The van der Waals surface area contributed by atoms with E-state index in [1.54, 1.807) is 77.0 Å². The number of carbonyl (C=O) groups is 2. The maximum Gasteiger partial charge on any atom is 0.335 e. The Morgan fingerprint density at radius 3 is 1.20 bits per heavy atom. The van der Waals surface area contributed by atoms with Gasteiger partial charge >= 0.3 is 11.9 Å². The third-order valence-electron chi connectivity index (χ3n) is 10.2. The molecule has 0 aromatic carbocycles. The second-order valence-electron chi connectivity index (χ2n) is 11.9. The molecule has 35 heavy (non-hydrogen) atoms. The number of ether oxygens (including phenoxy) is 3. The lowest BCUT2D eigenvalue weighted by atomic mass is 9.82. The van der Waals surface area contributed by atoms with Gasteiger partial charge in [-0.3, -0.25) is 0 Å². The summed E-state index contributed by atoms with van der Waals surface area (Å²) in [6, 6.07) is 0. The third-order valence-corrected chi connectivity index (χ3v) is 10.2. The minimum absolute atomic E-state index is 0.0112. The molecule has 6 rings (SSSR count). The van der Waals surface area contributed by atoms with Gasteiger partial charge in [-0.2, -0.15) is 0 Å². The van der Waals surface area contributed by atoms with Crippen molar-refractivity contribution in [3.8, 4) is 0 Å². The SMILES string of the molecule is C1CC2C3CCC(C3)C2C1.C1CC2C3CCC(C3)C2C1.C=C(COCC(=C)C(=O)OC)C(=O)OC. The molecule has 0 N–H and O–H groups in total. The molecule has 0 aliphatic heterocycles. The highest BCUT2D eigenvalue weighted by molar-refractivity contribution is 5.88. The quantitative estimate of drug-likeness (QED) is 0.334. The number of fused-ring (bicyclic) bond motifs is 10. The Morgan fingerprint density at radius 2 is 0.914 bits per heavy atom. The Kier molecular flexibility index (Phi) is 9.13. The lowest BCUT2D eigenvalue weighted by Crippen LogP contribution is -2.15. The molecule has 0 amide bonds. The number of hydrogen-bond donors (Lipinski definition) is 0. The molecule has 0 saturated heterocycles. The van der Waals surface area contributed by atoms with Crippen molar-refractivity contribution >= 4 is 11.9 Å². The van der Waals surface area contributed by atoms with Crippen LogP contribution < -0.4 is 0 Å². The van der Waals surface area contributed by atoms with Gasteiger partial charge in [-0.25, -0.2) is 9.59 Å². The zero-order valence-electron chi connectivity index (χ0n) is 22.0. The van der Waals surface area contributed by atoms with Crippen LogP contribution in [0.25, 0.3) is 0 Å². The van der Waals surface area contributed by atoms with Crippen molar-refractivity contribution in [1.29, 1.82) is 0 Å². The van der Waals surface area contributed by atoms with E-state index in [9.17, 15) is 9.59 Å². The van der Waals surface area contributed by atoms with E-state index in [2.05, 4.69) is 22.6 Å². The molecule has 0 aromatic rings. The van der Waals surface area contributed by atoms with Gasteiger partial charge in [-0.1, -0.05) is 26.0 Å². The van der Waals surface area contributed by atoms with Crippen LogP contribution in [0.15, 0.2) is 24.3 Å². The highest BCUT2D eigenvalue weighted by atomic mass is 16.5. The molecular formula is C30H46O5. The van der Waals surface area contributed by atoms with Crippen molar-refractivity contribution in [2.24, 2.45) is 47.3 Å². The Hall–Kier alpha value is -1.62. The van der Waals surface area contributed by atoms with E-state index < -0.39 is 11.9 Å². The summed E-state index contributed by atoms with van der Waals surface area (Å²) >= 11 is 0. The van der Waals surface area contributed by atoms with E-state index in [-0.39, 0.29) is 24.4 Å². The molecule has 6 fully saturated rings. The molecule has 5 nitrogen and oxygen atoms in total. The van der Waals surface area contributed by atoms with Crippen LogP contribution in [-0.2, 0) is 23.8 Å². The van der Waals surface area contributed by atoms with Crippen molar-refractivity contribution in [3.05, 3.63) is 24.3 Å². The molecular weight excluding hydrogens is 440 g/mol. The minimum atomic E-state index is -0.543. The predicted octanol–water partition coefficient (Wildman–Crippen LogP) is 6.13. The molecule has 0 aromatic heterocycles. The number of rotatable bonds is 6. The van der Waals surface area contributed by atoms with Crippen molar-refractivity contribution in [3.63, 3.8) is 0 Å². The lowest BCUT2D eigenvalue weighted by molar-refractivity contribution is -0.136. The molecule has 0 spiro atoms. The van der Waals surface area contributed by atoms with Crippen LogP contribution in [0.3, 0.4) is 0 Å². The Bertz CT molecular complexity index is 692. The molecule has 0 heterocycles. The van der Waals surface area contributed by atoms with Gasteiger partial charge in [0.15, 0.2) is 0 Å². The number of hydrogen-bond acceptors (Lipinski definition) is 5. The minimum Gasteiger partial charge on any atom is -0.466 e. The zero-order chi connectivity index (χ0) is 24.9. The van der Waals surface area contributed by atoms with Gasteiger partial charge in [0.25, 0.3) is 0 Å². The number of methoxy groups -OCH3 is 2. The Morgan fingerprint density at radius 1 is 0.600 bits per heavy atom. The lowest BCUT2D eigenvalue weighted by Gasteiger charge is -2.23. The molecule has 5 heteroatoms. The molecule has 8 unspecified atom stereocenters. The summed E-state index contributed by atoms with van der Waals surface area (Å²) in [7, 11) is 2.50. The van der Waals surface area contributed by atoms with Crippen LogP contribution in [0.1, 0.15) is 77.0 Å². The van der Waals surface area contributed by atoms with Gasteiger partial charge in [-0.15, -0.1) is 0 Å². The van der Waals surface area contributed by atoms with Gasteiger partial charge in [0.1, 0.15) is 0 Å². The van der Waals surface area contributed by atoms with Crippen LogP contribution >= 0.6 is 0 Å². The topological polar surface area (TPSA) is 61.8 Å². The van der Waals surface area contributed by atoms with E-state index in [1.807, 2.05) is 0 Å². The standard InChI is InChI=1S/C10H14O5.2C10H16/c1-7(9(11)13-3)5-15-6-8(2)10(12)14-4;2*1-2-9-7-4-5-8(6-7)10(9)3-1/h1-2,5-6H2,3-4H3;2*7-10H,1-6H2. The summed E-state index contributed by atoms with van der Waals surface area (Å²) in [4.78, 5) is 21.7. The molecule has 4 bridgehead atoms. The summed E-state index contributed by atoms with van der Waals surface area (Å²) in [6.07, 6.45) is 19.1. The normalized spacial score (nSPS) is 36.9. The first kappa shape index (κ1) is 26.4. The maximum absolute atomic E-state index is 10.9. The average molecular weight is 487 g/mol. The fraction of sp³-hybridized carbons (Fsp3) is 0.800. The highest BCUT2D eigenvalue weighted by Gasteiger charge is 2.49. The monoisotopic (exact) mass is 486 g/mol. The van der Waals surface area contributed by atoms with Crippen LogP contribution in [0.4, 0.5) is 0 Å². The highest BCUT2D eigenvalue weighted by Crippen LogP contribution is 2.59. The van der Waals surface area contributed by atoms with E-state index >= 15 is 0 Å². The smallest absolute Gasteiger partial charge is 0.335 e. The van der Waals surface area contributed by atoms with Crippen molar-refractivity contribution in [1.82, 2.24) is 0 Å². The second-order valence-corrected chi connectivity index (χ2v) is 11.9. The Labute approximate surface area is 212 Å². The Balaban J connectivity index is 0.000000126. The van der Waals surface area contributed by atoms with Crippen LogP contribution in [0.5, 0.6) is 0 Å². The van der Waals surface area contributed by atoms with Gasteiger partial charge in [0, 0.05) is 0 Å². The van der Waals surface area contributed by atoms with Gasteiger partial charge in [0.2, 0.25) is 0 Å². The van der Waals surface area contributed by atoms with Crippen LogP contribution in [0, 0.1) is 47.3 Å². The molecule has 6 aliphatic rings. The van der Waals surface area contributed by atoms with E-state index in [0.29, 0.717) is 0 Å². The maximum atomic E-state index is 10.9. The first-order valence-corrected chi connectivity index (χ1v) is 14.0. The summed E-state index contributed by atoms with van der Waals surface area (Å²) in [5, 5.41) is 0. The largest absolute Gasteiger partial charge is 0.466 e. The number of esters is 2. The molecule has 6 saturated carbocycles. The van der Waals surface area contributed by atoms with E-state index in [0.717, 1.165) is 0 Å². The fourth-order valence-corrected chi connectivity index (χ4v) is 8.74. The molecule has 6 aliphatic carbocycles. The van der Waals surface area contributed by atoms with Crippen LogP contribution in [-0.4, -0.2) is 39.4 Å². The average Bonchev–Trinajstić information content (AvgIpc) is 3.69. The third kappa shape index (κ3) is 6.03. The van der Waals surface area contributed by atoms with E-state index in [1.165, 1.54) is 61.6 Å². The molecule has 0 radical (unpaired) electrons.